The Bertz CT molecular complexity index is 674. The van der Waals surface area contributed by atoms with Gasteiger partial charge in [-0.2, -0.15) is 0 Å². The third-order valence-electron chi connectivity index (χ3n) is 3.81. The first-order valence-electron chi connectivity index (χ1n) is 6.70. The highest BCUT2D eigenvalue weighted by atomic mass is 16.7. The molecule has 2 aliphatic heterocycles. The molecular formula is C14H15N3O5. The average molecular weight is 305 g/mol. The molecule has 116 valence electrons. The van der Waals surface area contributed by atoms with Crippen LogP contribution >= 0.6 is 0 Å². The fraction of sp³-hybridized carbons (Fsp3) is 0.357. The fourth-order valence-electron chi connectivity index (χ4n) is 2.47. The summed E-state index contributed by atoms with van der Waals surface area (Å²) in [4.78, 5) is 36.9. The Morgan fingerprint density at radius 1 is 1.36 bits per heavy atom. The number of benzene rings is 1. The summed E-state index contributed by atoms with van der Waals surface area (Å²) in [5, 5.41) is 5.01. The first-order valence-corrected chi connectivity index (χ1v) is 6.70. The first kappa shape index (κ1) is 14.2. The first-order chi connectivity index (χ1) is 10.5. The van der Waals surface area contributed by atoms with Gasteiger partial charge in [-0.05, 0) is 24.6 Å². The molecule has 8 nitrogen and oxygen atoms in total. The van der Waals surface area contributed by atoms with Gasteiger partial charge < -0.3 is 20.1 Å². The number of fused-ring (bicyclic) bond motifs is 1. The summed E-state index contributed by atoms with van der Waals surface area (Å²) < 4.78 is 10.5. The van der Waals surface area contributed by atoms with Crippen molar-refractivity contribution < 1.29 is 23.9 Å². The summed E-state index contributed by atoms with van der Waals surface area (Å²) in [7, 11) is 1.44. The van der Waals surface area contributed by atoms with E-state index in [1.54, 1.807) is 25.1 Å². The third-order valence-corrected chi connectivity index (χ3v) is 3.81. The van der Waals surface area contributed by atoms with Crippen molar-refractivity contribution in [3.05, 3.63) is 23.8 Å². The van der Waals surface area contributed by atoms with Crippen LogP contribution in [-0.4, -0.2) is 43.1 Å². The zero-order valence-electron chi connectivity index (χ0n) is 12.1. The number of hydrogen-bond acceptors (Lipinski definition) is 5. The predicted molar refractivity (Wildman–Crippen MR) is 74.2 cm³/mol. The Balaban J connectivity index is 1.91. The summed E-state index contributed by atoms with van der Waals surface area (Å²) in [5.41, 5.74) is -0.680. The van der Waals surface area contributed by atoms with Crippen LogP contribution in [0.1, 0.15) is 12.5 Å². The van der Waals surface area contributed by atoms with E-state index < -0.39 is 23.4 Å². The van der Waals surface area contributed by atoms with Crippen molar-refractivity contribution in [2.24, 2.45) is 0 Å². The second-order valence-corrected chi connectivity index (χ2v) is 5.19. The number of rotatable bonds is 3. The lowest BCUT2D eigenvalue weighted by molar-refractivity contribution is -0.134. The Kier molecular flexibility index (Phi) is 3.16. The quantitative estimate of drug-likeness (QED) is 0.762. The molecular weight excluding hydrogens is 290 g/mol. The molecule has 1 atom stereocenters. The highest BCUT2D eigenvalue weighted by Gasteiger charge is 2.49. The SMILES string of the molecule is CNC(=O)CN1C(=O)NC(C)(c2ccc3c(c2)OCO3)C1=O. The van der Waals surface area contributed by atoms with Crippen molar-refractivity contribution in [3.63, 3.8) is 0 Å². The van der Waals surface area contributed by atoms with Crippen LogP contribution in [0.15, 0.2) is 18.2 Å². The van der Waals surface area contributed by atoms with E-state index in [9.17, 15) is 14.4 Å². The van der Waals surface area contributed by atoms with Gasteiger partial charge in [-0.15, -0.1) is 0 Å². The minimum Gasteiger partial charge on any atom is -0.454 e. The van der Waals surface area contributed by atoms with Crippen molar-refractivity contribution in [1.82, 2.24) is 15.5 Å². The fourth-order valence-corrected chi connectivity index (χ4v) is 2.47. The number of ether oxygens (including phenoxy) is 2. The van der Waals surface area contributed by atoms with Crippen LogP contribution in [0, 0.1) is 0 Å². The van der Waals surface area contributed by atoms with Crippen molar-refractivity contribution in [3.8, 4) is 11.5 Å². The summed E-state index contributed by atoms with van der Waals surface area (Å²) in [6, 6.07) is 4.43. The van der Waals surface area contributed by atoms with Crippen LogP contribution < -0.4 is 20.1 Å². The second kappa shape index (κ2) is 4.90. The van der Waals surface area contributed by atoms with Crippen LogP contribution in [0.5, 0.6) is 11.5 Å². The van der Waals surface area contributed by atoms with E-state index in [2.05, 4.69) is 10.6 Å². The smallest absolute Gasteiger partial charge is 0.325 e. The minimum atomic E-state index is -1.24. The number of imide groups is 1. The summed E-state index contributed by atoms with van der Waals surface area (Å²) in [6.07, 6.45) is 0. The predicted octanol–water partition coefficient (Wildman–Crippen LogP) is -0.0717. The molecule has 22 heavy (non-hydrogen) atoms. The number of carbonyl (C=O) groups is 3. The second-order valence-electron chi connectivity index (χ2n) is 5.19. The molecule has 8 heteroatoms. The van der Waals surface area contributed by atoms with E-state index in [1.165, 1.54) is 7.05 Å². The van der Waals surface area contributed by atoms with E-state index in [4.69, 9.17) is 9.47 Å². The molecule has 2 heterocycles. The zero-order valence-corrected chi connectivity index (χ0v) is 12.1. The molecule has 3 rings (SSSR count). The van der Waals surface area contributed by atoms with E-state index >= 15 is 0 Å². The van der Waals surface area contributed by atoms with Gasteiger partial charge >= 0.3 is 6.03 Å². The maximum Gasteiger partial charge on any atom is 0.325 e. The van der Waals surface area contributed by atoms with Gasteiger partial charge in [-0.3, -0.25) is 14.5 Å². The Morgan fingerprint density at radius 3 is 2.82 bits per heavy atom. The molecule has 0 saturated carbocycles. The number of urea groups is 1. The molecule has 0 aliphatic carbocycles. The minimum absolute atomic E-state index is 0.124. The molecule has 1 saturated heterocycles. The van der Waals surface area contributed by atoms with Crippen LogP contribution in [0.3, 0.4) is 0 Å². The summed E-state index contributed by atoms with van der Waals surface area (Å²) in [6.45, 7) is 1.40. The molecule has 0 bridgehead atoms. The molecule has 1 aromatic rings. The maximum absolute atomic E-state index is 12.6. The molecule has 1 fully saturated rings. The van der Waals surface area contributed by atoms with Gasteiger partial charge in [-0.25, -0.2) is 4.79 Å². The van der Waals surface area contributed by atoms with Gasteiger partial charge in [0, 0.05) is 7.05 Å². The van der Waals surface area contributed by atoms with Gasteiger partial charge in [0.1, 0.15) is 12.1 Å². The van der Waals surface area contributed by atoms with E-state index in [0.717, 1.165) is 4.90 Å². The number of amides is 4. The van der Waals surface area contributed by atoms with Crippen molar-refractivity contribution in [2.45, 2.75) is 12.5 Å². The van der Waals surface area contributed by atoms with Crippen LogP contribution in [0.2, 0.25) is 0 Å². The summed E-state index contributed by atoms with van der Waals surface area (Å²) in [5.74, 6) is 0.204. The lowest BCUT2D eigenvalue weighted by atomic mass is 9.91. The molecule has 4 amide bonds. The van der Waals surface area contributed by atoms with Crippen LogP contribution in [-0.2, 0) is 15.1 Å². The molecule has 2 aliphatic rings. The molecule has 1 unspecified atom stereocenters. The van der Waals surface area contributed by atoms with Crippen molar-refractivity contribution in [2.75, 3.05) is 20.4 Å². The molecule has 0 radical (unpaired) electrons. The van der Waals surface area contributed by atoms with E-state index in [0.29, 0.717) is 17.1 Å². The number of likely N-dealkylation sites (N-methyl/N-ethyl adjacent to an activating group) is 1. The largest absolute Gasteiger partial charge is 0.454 e. The topological polar surface area (TPSA) is 97.0 Å². The van der Waals surface area contributed by atoms with Crippen LogP contribution in [0.25, 0.3) is 0 Å². The van der Waals surface area contributed by atoms with Crippen LogP contribution in [0.4, 0.5) is 4.79 Å². The highest BCUT2D eigenvalue weighted by molar-refractivity contribution is 6.09. The van der Waals surface area contributed by atoms with E-state index in [1.807, 2.05) is 0 Å². The standard InChI is InChI=1S/C14H15N3O5/c1-14(8-3-4-9-10(5-8)22-7-21-9)12(19)17(13(20)16-14)6-11(18)15-2/h3-5H,6-7H2,1-2H3,(H,15,18)(H,16,20). The van der Waals surface area contributed by atoms with Crippen molar-refractivity contribution in [1.29, 1.82) is 0 Å². The zero-order chi connectivity index (χ0) is 15.9. The van der Waals surface area contributed by atoms with Gasteiger partial charge in [-0.1, -0.05) is 6.07 Å². The maximum atomic E-state index is 12.6. The molecule has 0 aromatic heterocycles. The lowest BCUT2D eigenvalue weighted by Gasteiger charge is -2.22. The third kappa shape index (κ3) is 2.03. The normalized spacial score (nSPS) is 22.7. The number of hydrogen-bond donors (Lipinski definition) is 2. The molecule has 2 N–H and O–H groups in total. The number of nitrogens with zero attached hydrogens (tertiary/aromatic N) is 1. The van der Waals surface area contributed by atoms with E-state index in [-0.39, 0.29) is 13.3 Å². The van der Waals surface area contributed by atoms with Gasteiger partial charge in [0.25, 0.3) is 5.91 Å². The Labute approximate surface area is 126 Å². The van der Waals surface area contributed by atoms with Gasteiger partial charge in [0.2, 0.25) is 12.7 Å². The van der Waals surface area contributed by atoms with Crippen molar-refractivity contribution >= 4 is 17.8 Å². The lowest BCUT2D eigenvalue weighted by Crippen LogP contribution is -2.42. The molecule has 0 spiro atoms. The average Bonchev–Trinajstić information content (AvgIpc) is 3.05. The summed E-state index contributed by atoms with van der Waals surface area (Å²) >= 11 is 0. The van der Waals surface area contributed by atoms with Gasteiger partial charge in [0.15, 0.2) is 11.5 Å². The van der Waals surface area contributed by atoms with Gasteiger partial charge in [0.05, 0.1) is 0 Å². The number of nitrogens with one attached hydrogen (secondary N) is 2. The number of carbonyl (C=O) groups excluding carboxylic acids is 3. The molecule has 1 aromatic carbocycles. The highest BCUT2D eigenvalue weighted by Crippen LogP contribution is 2.37. The monoisotopic (exact) mass is 305 g/mol. The Morgan fingerprint density at radius 2 is 2.09 bits per heavy atom. The Hall–Kier alpha value is -2.77.